The zero-order valence-corrected chi connectivity index (χ0v) is 33.5. The molecular weight excluding hydrogens is 818 g/mol. The molecule has 0 aliphatic heterocycles. The van der Waals surface area contributed by atoms with Gasteiger partial charge in [0.2, 0.25) is 5.91 Å². The average molecular weight is 872 g/mol. The molecule has 0 aliphatic rings. The van der Waals surface area contributed by atoms with Crippen molar-refractivity contribution in [3.8, 4) is 0 Å². The molecule has 0 heterocycles. The van der Waals surface area contributed by atoms with Gasteiger partial charge in [0, 0.05) is 35.6 Å². The number of aryl methyl sites for hydroxylation is 4. The Bertz CT molecular complexity index is 1250. The van der Waals surface area contributed by atoms with E-state index in [0.29, 0.717) is 46.7 Å². The topological polar surface area (TPSA) is 148 Å². The molecule has 14 heteroatoms. The fourth-order valence-corrected chi connectivity index (χ4v) is 4.81. The number of carbonyl (C=O) groups is 2. The molecule has 2 amide bonds. The van der Waals surface area contributed by atoms with E-state index in [-0.39, 0.29) is 47.2 Å². The second-order valence-electron chi connectivity index (χ2n) is 10.7. The van der Waals surface area contributed by atoms with E-state index in [0.717, 1.165) is 37.2 Å². The van der Waals surface area contributed by atoms with Gasteiger partial charge in [0.25, 0.3) is 17.3 Å². The third-order valence-electron chi connectivity index (χ3n) is 7.74. The molecule has 2 aromatic carbocycles. The number of hydrogen-bond acceptors (Lipinski definition) is 7. The lowest BCUT2D eigenvalue weighted by atomic mass is 10.1. The molecule has 2 rings (SSSR count). The number of nitrogens with one attached hydrogen (secondary N) is 2. The normalized spacial score (nSPS) is 10.4. The van der Waals surface area contributed by atoms with Crippen LogP contribution in [-0.2, 0) is 9.59 Å². The van der Waals surface area contributed by atoms with Crippen molar-refractivity contribution in [2.45, 2.75) is 69.2 Å². The highest BCUT2D eigenvalue weighted by Gasteiger charge is 2.25. The van der Waals surface area contributed by atoms with Crippen LogP contribution in [0.15, 0.2) is 24.3 Å². The van der Waals surface area contributed by atoms with E-state index in [4.69, 9.17) is 0 Å². The maximum absolute atomic E-state index is 12.4. The molecule has 12 nitrogen and oxygen atoms in total. The quantitative estimate of drug-likeness (QED) is 0.0694. The van der Waals surface area contributed by atoms with E-state index >= 15 is 0 Å². The minimum absolute atomic E-state index is 0. The summed E-state index contributed by atoms with van der Waals surface area (Å²) in [7, 11) is 0. The highest BCUT2D eigenvalue weighted by molar-refractivity contribution is 14.1. The number of anilines is 2. The fraction of sp³-hybridized carbons (Fsp3) is 0.562. The van der Waals surface area contributed by atoms with Crippen LogP contribution < -0.4 is 10.6 Å². The molecule has 0 radical (unpaired) electrons. The summed E-state index contributed by atoms with van der Waals surface area (Å²) in [4.78, 5) is 47.1. The van der Waals surface area contributed by atoms with Gasteiger partial charge in [0.1, 0.15) is 0 Å². The van der Waals surface area contributed by atoms with Crippen LogP contribution in [0.4, 0.5) is 22.7 Å². The van der Waals surface area contributed by atoms with Crippen LogP contribution in [0.3, 0.4) is 0 Å². The number of alkyl halides is 1. The summed E-state index contributed by atoms with van der Waals surface area (Å²) in [5.41, 5.74) is 4.25. The van der Waals surface area contributed by atoms with Crippen molar-refractivity contribution in [2.24, 2.45) is 0 Å². The summed E-state index contributed by atoms with van der Waals surface area (Å²) in [6.45, 7) is 24.5. The fourth-order valence-electron chi connectivity index (χ4n) is 4.81. The smallest absolute Gasteiger partial charge is 0.279 e. The molecule has 0 fully saturated rings. The molecule has 0 spiro atoms. The number of quaternary nitrogens is 1. The molecule has 0 atom stereocenters. The third-order valence-corrected chi connectivity index (χ3v) is 7.74. The largest absolute Gasteiger partial charge is 0.324 e. The van der Waals surface area contributed by atoms with Crippen LogP contribution in [0.2, 0.25) is 0 Å². The summed E-state index contributed by atoms with van der Waals surface area (Å²) >= 11 is 2.29. The van der Waals surface area contributed by atoms with Crippen LogP contribution >= 0.6 is 46.6 Å². The van der Waals surface area contributed by atoms with Gasteiger partial charge in [-0.2, -0.15) is 0 Å². The van der Waals surface area contributed by atoms with E-state index < -0.39 is 9.85 Å². The Hall–Kier alpha value is -2.44. The van der Waals surface area contributed by atoms with E-state index in [1.807, 2.05) is 18.7 Å². The van der Waals surface area contributed by atoms with Crippen LogP contribution in [-0.4, -0.2) is 81.3 Å². The van der Waals surface area contributed by atoms with Gasteiger partial charge in [-0.15, -0.1) is 24.0 Å². The van der Waals surface area contributed by atoms with Crippen molar-refractivity contribution in [1.29, 1.82) is 0 Å². The van der Waals surface area contributed by atoms with Crippen molar-refractivity contribution in [3.05, 3.63) is 66.7 Å². The van der Waals surface area contributed by atoms with Crippen LogP contribution in [0.5, 0.6) is 0 Å². The van der Waals surface area contributed by atoms with Crippen molar-refractivity contribution in [3.63, 3.8) is 0 Å². The second-order valence-corrected chi connectivity index (χ2v) is 12.2. The van der Waals surface area contributed by atoms with Gasteiger partial charge in [-0.25, -0.2) is 0 Å². The molecule has 2 N–H and O–H groups in total. The Morgan fingerprint density at radius 1 is 0.717 bits per heavy atom. The zero-order chi connectivity index (χ0) is 34.9. The zero-order valence-electron chi connectivity index (χ0n) is 29.0. The lowest BCUT2D eigenvalue weighted by Crippen LogP contribution is -2.52. The summed E-state index contributed by atoms with van der Waals surface area (Å²) in [6, 6.07) is 5.93. The first-order valence-electron chi connectivity index (χ1n) is 15.3. The minimum Gasteiger partial charge on any atom is -0.324 e. The van der Waals surface area contributed by atoms with E-state index in [9.17, 15) is 29.8 Å². The standard InChI is InChI=1S/C16H25N3O3.C14H21N3O3.C2H5I.HI/c1-6-19(7-2,8-3)11-15(20)17-16-12(4)9-14(18(21)22)10-13(16)5;1-5-16(6-2)9-13(18)15-14-10(3)7-12(17(19)20)8-11(14)4;1-2-3;/h9-10H,6-8,11H2,1-5H3;7-8H,5-6,9H2,1-4H3,(H,15,18);2H2,1H3;1H/p+1. The first-order valence-corrected chi connectivity index (χ1v) is 16.9. The van der Waals surface area contributed by atoms with Gasteiger partial charge in [-0.1, -0.05) is 43.4 Å². The van der Waals surface area contributed by atoms with E-state index in [1.54, 1.807) is 27.7 Å². The van der Waals surface area contributed by atoms with Crippen LogP contribution in [0.25, 0.3) is 0 Å². The molecular formula is C32H53I2N6O6+. The number of benzene rings is 2. The highest BCUT2D eigenvalue weighted by atomic mass is 127. The van der Waals surface area contributed by atoms with E-state index in [2.05, 4.69) is 60.9 Å². The van der Waals surface area contributed by atoms with Crippen molar-refractivity contribution >= 4 is 81.1 Å². The number of rotatable bonds is 13. The monoisotopic (exact) mass is 871 g/mol. The van der Waals surface area contributed by atoms with Gasteiger partial charge < -0.3 is 15.1 Å². The molecule has 0 bridgehead atoms. The Balaban J connectivity index is 0. The predicted octanol–water partition coefficient (Wildman–Crippen LogP) is 7.58. The number of nitrogens with zero attached hydrogens (tertiary/aromatic N) is 4. The Labute approximate surface area is 305 Å². The van der Waals surface area contributed by atoms with Crippen molar-refractivity contribution in [1.82, 2.24) is 4.90 Å². The number of amides is 2. The Morgan fingerprint density at radius 2 is 1.02 bits per heavy atom. The lowest BCUT2D eigenvalue weighted by molar-refractivity contribution is -0.915. The number of halogens is 2. The Kier molecular flexibility index (Phi) is 22.8. The molecule has 0 aliphatic carbocycles. The van der Waals surface area contributed by atoms with Crippen molar-refractivity contribution < 1.29 is 23.9 Å². The molecule has 46 heavy (non-hydrogen) atoms. The van der Waals surface area contributed by atoms with Gasteiger partial charge >= 0.3 is 0 Å². The summed E-state index contributed by atoms with van der Waals surface area (Å²) in [5.74, 6) is -0.153. The molecule has 0 aromatic heterocycles. The number of carbonyl (C=O) groups excluding carboxylic acids is 2. The first-order chi connectivity index (χ1) is 21.1. The number of nitro benzene ring substituents is 2. The lowest BCUT2D eigenvalue weighted by Gasteiger charge is -2.35. The molecule has 0 saturated carbocycles. The van der Waals surface area contributed by atoms with Crippen LogP contribution in [0, 0.1) is 47.9 Å². The van der Waals surface area contributed by atoms with Gasteiger partial charge in [-0.05, 0) is 88.2 Å². The summed E-state index contributed by atoms with van der Waals surface area (Å²) in [5, 5.41) is 27.4. The summed E-state index contributed by atoms with van der Waals surface area (Å²) in [6.07, 6.45) is 0. The SMILES string of the molecule is CCI.CCN(CC)CC(=O)Nc1c(C)cc([N+](=O)[O-])cc1C.CC[N+](CC)(CC)CC(=O)Nc1c(C)cc([N+](=O)[O-])cc1C.I. The Morgan fingerprint density at radius 3 is 1.28 bits per heavy atom. The maximum Gasteiger partial charge on any atom is 0.279 e. The van der Waals surface area contributed by atoms with Gasteiger partial charge in [0.05, 0.1) is 36.0 Å². The number of hydrogen-bond donors (Lipinski definition) is 2. The molecule has 0 saturated heterocycles. The van der Waals surface area contributed by atoms with Crippen molar-refractivity contribution in [2.75, 3.05) is 60.9 Å². The third kappa shape index (κ3) is 15.0. The van der Waals surface area contributed by atoms with Gasteiger partial charge in [0.15, 0.2) is 6.54 Å². The van der Waals surface area contributed by atoms with E-state index in [1.165, 1.54) is 28.7 Å². The number of likely N-dealkylation sites (N-methyl/N-ethyl adjacent to an activating group) is 2. The van der Waals surface area contributed by atoms with Gasteiger partial charge in [-0.3, -0.25) is 34.7 Å². The first kappa shape index (κ1) is 45.7. The minimum atomic E-state index is -0.429. The molecule has 0 unspecified atom stereocenters. The predicted molar refractivity (Wildman–Crippen MR) is 207 cm³/mol. The average Bonchev–Trinajstić information content (AvgIpc) is 2.98. The van der Waals surface area contributed by atoms with Crippen LogP contribution in [0.1, 0.15) is 63.8 Å². The second kappa shape index (κ2) is 23.0. The summed E-state index contributed by atoms with van der Waals surface area (Å²) < 4.78 is 1.95. The molecule has 2 aromatic rings. The highest BCUT2D eigenvalue weighted by Crippen LogP contribution is 2.27. The number of non-ortho nitro benzene ring substituents is 2. The maximum atomic E-state index is 12.4. The molecule has 260 valence electrons. The number of nitro groups is 2.